The summed E-state index contributed by atoms with van der Waals surface area (Å²) in [5.74, 6) is 3.60. The molecule has 0 saturated heterocycles. The van der Waals surface area contributed by atoms with Crippen LogP contribution in [0.15, 0.2) is 239 Å². The fraction of sp³-hybridized carbons (Fsp3) is 0.200. The van der Waals surface area contributed by atoms with Crippen molar-refractivity contribution in [2.24, 2.45) is 0 Å². The number of hydrogen-bond donors (Lipinski definition) is 2. The van der Waals surface area contributed by atoms with Crippen LogP contribution >= 0.6 is 35.2 Å². The van der Waals surface area contributed by atoms with E-state index in [0.717, 1.165) is 49.0 Å². The van der Waals surface area contributed by atoms with Gasteiger partial charge in [-0.05, 0) is 163 Å². The Bertz CT molecular complexity index is 2960. The van der Waals surface area contributed by atoms with Gasteiger partial charge in [0.05, 0.1) is 35.0 Å². The van der Waals surface area contributed by atoms with Crippen LogP contribution < -0.4 is 18.9 Å². The smallest absolute Gasteiger partial charge is 0.358 e. The van der Waals surface area contributed by atoms with Crippen LogP contribution in [-0.4, -0.2) is 64.4 Å². The van der Waals surface area contributed by atoms with Crippen LogP contribution in [0.2, 0.25) is 0 Å². The average molecular weight is 1500 g/mol. The molecule has 0 atom stereocenters. The summed E-state index contributed by atoms with van der Waals surface area (Å²) in [6.45, 7) is 5.24. The minimum Gasteiger partial charge on any atom is -0.358 e. The summed E-state index contributed by atoms with van der Waals surface area (Å²) in [7, 11) is -29.5. The summed E-state index contributed by atoms with van der Waals surface area (Å²) >= 11 is 1.73. The number of allylic oxidation sites excluding steroid dienone is 4. The summed E-state index contributed by atoms with van der Waals surface area (Å²) in [5.41, 5.74) is 1.41. The molecule has 0 spiro atoms. The van der Waals surface area contributed by atoms with Gasteiger partial charge in [0.2, 0.25) is 0 Å². The Morgan fingerprint density at radius 1 is 0.387 bits per heavy atom. The molecule has 0 aliphatic heterocycles. The van der Waals surface area contributed by atoms with E-state index in [0.29, 0.717) is 5.92 Å². The summed E-state index contributed by atoms with van der Waals surface area (Å²) in [5, 5.41) is 18.3. The number of rotatable bonds is 21. The van der Waals surface area contributed by atoms with Crippen molar-refractivity contribution < 1.29 is 131 Å². The maximum atomic E-state index is 9.87. The fourth-order valence-electron chi connectivity index (χ4n) is 6.74. The standard InChI is InChI=1S/C44H44O8S3.C9H12.C5H6.2CH3.3F6P.Fe/c1-47-31-51-35-7-19-41(20-8-35)55(42-21-9-36(10-22-42)52-32-48-2)44-25-13-38(14-26-44)53-37-11-23-43(24-12-37)54(39-15-3-33(4-16-39)49-29-27-45)40-17-5-34(6-18-40)50-30-28-46;1-8(2)9-6-4-3-5-7-9;1-2-4-5-3-1;;;3*1-7(2,3,4,5)6;/h3-26,45-46H,27-32H2,1-2H3;3-8H,1-2H3;1-4H,5H2;2*1H3;;;;/q+2;;;5*-1;+3. The summed E-state index contributed by atoms with van der Waals surface area (Å²) in [4.78, 5) is 9.26. The molecule has 523 valence electrons. The van der Waals surface area contributed by atoms with Crippen LogP contribution in [0.1, 0.15) is 31.7 Å². The van der Waals surface area contributed by atoms with Crippen molar-refractivity contribution in [3.63, 3.8) is 0 Å². The first kappa shape index (κ1) is 87.7. The number of methoxy groups -OCH3 is 2. The van der Waals surface area contributed by atoms with Crippen molar-refractivity contribution in [1.82, 2.24) is 0 Å². The van der Waals surface area contributed by atoms with E-state index in [1.807, 2.05) is 54.6 Å². The zero-order valence-corrected chi connectivity index (χ0v) is 56.4. The SMILES string of the molecule is C1=CCC=C1.CC(C)c1ccccc1.COCOc1ccc([S+](c2ccc(OCOC)cc2)c2ccc(Sc3ccc([S+](c4ccc(OCCO)cc4)c4ccc(OCCO)cc4)cc3)cc2)cc1.F[P-](F)(F)(F)(F)F.F[P-](F)(F)(F)(F)F.F[P-](F)(F)(F)(F)F.[CH3-].[CH3-].[Fe+3]. The van der Waals surface area contributed by atoms with E-state index in [2.05, 4.69) is 159 Å². The Balaban J connectivity index is 0.00000180. The molecule has 0 bridgehead atoms. The van der Waals surface area contributed by atoms with E-state index in [1.54, 1.807) is 26.0 Å². The van der Waals surface area contributed by atoms with Crippen molar-refractivity contribution in [1.29, 1.82) is 0 Å². The molecule has 0 unspecified atom stereocenters. The molecule has 0 aromatic heterocycles. The Hall–Kier alpha value is -5.34. The quantitative estimate of drug-likeness (QED) is 0.0182. The Morgan fingerprint density at radius 2 is 0.624 bits per heavy atom. The van der Waals surface area contributed by atoms with Crippen LogP contribution in [0, 0.1) is 14.9 Å². The zero-order valence-electron chi connectivity index (χ0n) is 50.1. The van der Waals surface area contributed by atoms with Crippen LogP contribution in [0.4, 0.5) is 75.5 Å². The van der Waals surface area contributed by atoms with Crippen LogP contribution in [0.25, 0.3) is 0 Å². The number of halogens is 18. The molecule has 0 heterocycles. The van der Waals surface area contributed by atoms with Gasteiger partial charge >= 0.3 is 116 Å². The van der Waals surface area contributed by atoms with Gasteiger partial charge in [-0.1, -0.05) is 80.2 Å². The molecule has 8 nitrogen and oxygen atoms in total. The number of ether oxygens (including phenoxy) is 6. The van der Waals surface area contributed by atoms with Crippen molar-refractivity contribution in [3.05, 3.63) is 221 Å². The predicted octanol–water partition coefficient (Wildman–Crippen LogP) is 24.1. The molecule has 33 heteroatoms. The van der Waals surface area contributed by atoms with Gasteiger partial charge in [-0.25, -0.2) is 0 Å². The molecule has 1 radical (unpaired) electrons. The molecular formula is C60H68F18FeO8P3S3. The molecule has 0 amide bonds. The first-order valence-corrected chi connectivity index (χ1v) is 35.1. The summed E-state index contributed by atoms with van der Waals surface area (Å²) in [6.07, 6.45) is 9.50. The number of aliphatic hydroxyl groups excluding tert-OH is 2. The van der Waals surface area contributed by atoms with Crippen molar-refractivity contribution in [2.45, 2.75) is 65.4 Å². The van der Waals surface area contributed by atoms with Crippen molar-refractivity contribution >= 4 is 57.0 Å². The Kier molecular flexibility index (Phi) is 33.1. The maximum Gasteiger partial charge on any atom is 3.00 e. The van der Waals surface area contributed by atoms with Gasteiger partial charge in [-0.15, -0.1) is 0 Å². The minimum absolute atomic E-state index is 0. The fourth-order valence-corrected chi connectivity index (χ4v) is 11.6. The molecule has 1 aliphatic carbocycles. The van der Waals surface area contributed by atoms with E-state index >= 15 is 0 Å². The topological polar surface area (TPSA) is 95.8 Å². The summed E-state index contributed by atoms with van der Waals surface area (Å²) < 4.78 is 210. The van der Waals surface area contributed by atoms with E-state index in [-0.39, 0.29) is 82.8 Å². The normalized spacial score (nSPS) is 13.8. The van der Waals surface area contributed by atoms with E-state index in [9.17, 15) is 85.8 Å². The third-order valence-corrected chi connectivity index (χ3v) is 15.6. The van der Waals surface area contributed by atoms with Crippen LogP contribution in [0.5, 0.6) is 23.0 Å². The second-order valence-electron chi connectivity index (χ2n) is 18.3. The molecule has 0 fully saturated rings. The molecular weight excluding hydrogens is 1440 g/mol. The van der Waals surface area contributed by atoms with E-state index in [4.69, 9.17) is 28.4 Å². The average Bonchev–Trinajstić information content (AvgIpc) is 1.18. The largest absolute Gasteiger partial charge is 3.00 e. The van der Waals surface area contributed by atoms with Crippen LogP contribution in [-0.2, 0) is 48.3 Å². The number of hydrogen-bond acceptors (Lipinski definition) is 9. The minimum atomic E-state index is -10.7. The third kappa shape index (κ3) is 46.4. The van der Waals surface area contributed by atoms with Crippen molar-refractivity contribution in [2.75, 3.05) is 54.2 Å². The third-order valence-electron chi connectivity index (χ3n) is 10.1. The number of aliphatic hydroxyl groups is 2. The predicted molar refractivity (Wildman–Crippen MR) is 334 cm³/mol. The first-order valence-electron chi connectivity index (χ1n) is 25.8. The molecule has 93 heavy (non-hydrogen) atoms. The second kappa shape index (κ2) is 35.1. The molecule has 8 rings (SSSR count). The van der Waals surface area contributed by atoms with E-state index in [1.165, 1.54) is 25.1 Å². The molecule has 2 N–H and O–H groups in total. The first-order chi connectivity index (χ1) is 41.2. The van der Waals surface area contributed by atoms with Crippen LogP contribution in [0.3, 0.4) is 0 Å². The molecule has 7 aromatic carbocycles. The van der Waals surface area contributed by atoms with E-state index < -0.39 is 34.3 Å². The zero-order chi connectivity index (χ0) is 67.7. The molecule has 0 saturated carbocycles. The van der Waals surface area contributed by atoms with Gasteiger partial charge < -0.3 is 53.5 Å². The van der Waals surface area contributed by atoms with Gasteiger partial charge in [0, 0.05) is 24.0 Å². The van der Waals surface area contributed by atoms with Crippen molar-refractivity contribution in [3.8, 4) is 23.0 Å². The molecule has 1 aliphatic rings. The molecule has 7 aromatic rings. The van der Waals surface area contributed by atoms with Gasteiger partial charge in [0.1, 0.15) is 36.2 Å². The van der Waals surface area contributed by atoms with Gasteiger partial charge in [-0.2, -0.15) is 0 Å². The van der Waals surface area contributed by atoms with Gasteiger partial charge in [0.15, 0.2) is 43.0 Å². The number of benzene rings is 7. The second-order valence-corrected chi connectivity index (χ2v) is 29.3. The Labute approximate surface area is 548 Å². The summed E-state index contributed by atoms with van der Waals surface area (Å²) in [6, 6.07) is 60.5. The van der Waals surface area contributed by atoms with Gasteiger partial charge in [0.25, 0.3) is 0 Å². The Morgan fingerprint density at radius 3 is 0.817 bits per heavy atom. The monoisotopic (exact) mass is 1500 g/mol. The van der Waals surface area contributed by atoms with Gasteiger partial charge in [-0.3, -0.25) is 0 Å². The maximum absolute atomic E-state index is 10.7.